The smallest absolute Gasteiger partial charge is 0.261 e. The Bertz CT molecular complexity index is 510. The first-order valence-electron chi connectivity index (χ1n) is 5.06. The number of methoxy groups -OCH3 is 1. The number of benzene rings is 1. The van der Waals surface area contributed by atoms with Crippen molar-refractivity contribution in [3.05, 3.63) is 24.0 Å². The number of ether oxygens (including phenoxy) is 1. The summed E-state index contributed by atoms with van der Waals surface area (Å²) in [5.41, 5.74) is 0.404. The fourth-order valence-electron chi connectivity index (χ4n) is 1.42. The van der Waals surface area contributed by atoms with E-state index in [0.29, 0.717) is 23.6 Å². The number of aromatic hydroxyl groups is 1. The number of phenols is 1. The lowest BCUT2D eigenvalue weighted by Crippen LogP contribution is -1.92. The molecule has 0 fully saturated rings. The van der Waals surface area contributed by atoms with Gasteiger partial charge in [-0.05, 0) is 12.1 Å². The molecule has 1 aromatic heterocycles. The van der Waals surface area contributed by atoms with Crippen LogP contribution in [0.4, 0.5) is 0 Å². The molecule has 0 radical (unpaired) electrons. The lowest BCUT2D eigenvalue weighted by atomic mass is 10.2. The molecule has 0 aliphatic heterocycles. The van der Waals surface area contributed by atoms with E-state index < -0.39 is 0 Å². The van der Waals surface area contributed by atoms with Gasteiger partial charge >= 0.3 is 0 Å². The second-order valence-corrected chi connectivity index (χ2v) is 3.35. The summed E-state index contributed by atoms with van der Waals surface area (Å²) in [4.78, 5) is 4.05. The molecular formula is C11H12N2O4. The standard InChI is InChI=1S/C11H12N2O4/c1-16-8-4-2-3-7(10(8)15)11-12-9(5-6-14)13-17-11/h2-4,14-15H,5-6H2,1H3. The van der Waals surface area contributed by atoms with Gasteiger partial charge in [0.15, 0.2) is 17.3 Å². The number of aliphatic hydroxyl groups excluding tert-OH is 1. The molecule has 0 amide bonds. The largest absolute Gasteiger partial charge is 0.504 e. The van der Waals surface area contributed by atoms with Crippen LogP contribution in [0.5, 0.6) is 11.5 Å². The highest BCUT2D eigenvalue weighted by atomic mass is 16.5. The van der Waals surface area contributed by atoms with Gasteiger partial charge in [-0.2, -0.15) is 4.98 Å². The molecule has 2 rings (SSSR count). The van der Waals surface area contributed by atoms with Gasteiger partial charge in [-0.25, -0.2) is 0 Å². The van der Waals surface area contributed by atoms with Crippen molar-refractivity contribution in [3.63, 3.8) is 0 Å². The molecule has 0 unspecified atom stereocenters. The zero-order valence-corrected chi connectivity index (χ0v) is 9.25. The van der Waals surface area contributed by atoms with E-state index in [1.165, 1.54) is 7.11 Å². The van der Waals surface area contributed by atoms with Crippen molar-refractivity contribution >= 4 is 0 Å². The molecule has 1 heterocycles. The Morgan fingerprint density at radius 3 is 2.94 bits per heavy atom. The maximum atomic E-state index is 9.88. The zero-order chi connectivity index (χ0) is 12.3. The predicted octanol–water partition coefficient (Wildman–Crippen LogP) is 0.986. The molecule has 1 aromatic carbocycles. The number of hydrogen-bond donors (Lipinski definition) is 2. The Kier molecular flexibility index (Phi) is 3.24. The Balaban J connectivity index is 2.38. The fourth-order valence-corrected chi connectivity index (χ4v) is 1.42. The van der Waals surface area contributed by atoms with E-state index in [2.05, 4.69) is 10.1 Å². The van der Waals surface area contributed by atoms with Gasteiger partial charge in [0.2, 0.25) is 0 Å². The second kappa shape index (κ2) is 4.84. The molecule has 17 heavy (non-hydrogen) atoms. The first kappa shape index (κ1) is 11.4. The Labute approximate surface area is 97.5 Å². The van der Waals surface area contributed by atoms with Crippen molar-refractivity contribution in [2.45, 2.75) is 6.42 Å². The van der Waals surface area contributed by atoms with Crippen LogP contribution in [-0.4, -0.2) is 34.1 Å². The van der Waals surface area contributed by atoms with Crippen molar-refractivity contribution in [1.29, 1.82) is 0 Å². The third kappa shape index (κ3) is 2.21. The molecule has 0 saturated carbocycles. The summed E-state index contributed by atoms with van der Waals surface area (Å²) in [5.74, 6) is 0.883. The molecule has 0 aliphatic rings. The first-order chi connectivity index (χ1) is 8.26. The average molecular weight is 236 g/mol. The molecule has 0 saturated heterocycles. The van der Waals surface area contributed by atoms with Crippen LogP contribution < -0.4 is 4.74 Å². The molecule has 6 heteroatoms. The number of nitrogens with zero attached hydrogens (tertiary/aromatic N) is 2. The fraction of sp³-hybridized carbons (Fsp3) is 0.273. The number of hydrogen-bond acceptors (Lipinski definition) is 6. The molecule has 2 aromatic rings. The second-order valence-electron chi connectivity index (χ2n) is 3.35. The maximum absolute atomic E-state index is 9.88. The van der Waals surface area contributed by atoms with Crippen LogP contribution in [0.25, 0.3) is 11.5 Å². The normalized spacial score (nSPS) is 10.5. The molecule has 2 N–H and O–H groups in total. The van der Waals surface area contributed by atoms with Crippen LogP contribution in [-0.2, 0) is 6.42 Å². The highest BCUT2D eigenvalue weighted by Crippen LogP contribution is 2.35. The maximum Gasteiger partial charge on any atom is 0.261 e. The van der Waals surface area contributed by atoms with E-state index in [1.807, 2.05) is 0 Å². The topological polar surface area (TPSA) is 88.6 Å². The van der Waals surface area contributed by atoms with E-state index in [4.69, 9.17) is 14.4 Å². The van der Waals surface area contributed by atoms with E-state index >= 15 is 0 Å². The van der Waals surface area contributed by atoms with Crippen molar-refractivity contribution in [1.82, 2.24) is 10.1 Å². The lowest BCUT2D eigenvalue weighted by Gasteiger charge is -2.04. The molecular weight excluding hydrogens is 224 g/mol. The molecule has 90 valence electrons. The Hall–Kier alpha value is -2.08. The van der Waals surface area contributed by atoms with Crippen LogP contribution >= 0.6 is 0 Å². The van der Waals surface area contributed by atoms with Crippen LogP contribution in [0.2, 0.25) is 0 Å². The third-order valence-corrected chi connectivity index (χ3v) is 2.25. The van der Waals surface area contributed by atoms with Crippen LogP contribution in [0.3, 0.4) is 0 Å². The molecule has 6 nitrogen and oxygen atoms in total. The number of aliphatic hydroxyl groups is 1. The first-order valence-corrected chi connectivity index (χ1v) is 5.06. The average Bonchev–Trinajstić information content (AvgIpc) is 2.78. The summed E-state index contributed by atoms with van der Waals surface area (Å²) in [6.07, 6.45) is 0.314. The summed E-state index contributed by atoms with van der Waals surface area (Å²) in [5, 5.41) is 22.3. The summed E-state index contributed by atoms with van der Waals surface area (Å²) in [6.45, 7) is -0.0525. The summed E-state index contributed by atoms with van der Waals surface area (Å²) in [6, 6.07) is 4.99. The number of aromatic nitrogens is 2. The van der Waals surface area contributed by atoms with Gasteiger partial charge in [0.05, 0.1) is 19.3 Å². The van der Waals surface area contributed by atoms with Gasteiger partial charge in [-0.15, -0.1) is 0 Å². The molecule has 0 bridgehead atoms. The van der Waals surface area contributed by atoms with Crippen LogP contribution in [0.15, 0.2) is 22.7 Å². The molecule has 0 spiro atoms. The van der Waals surface area contributed by atoms with E-state index in [-0.39, 0.29) is 18.2 Å². The minimum atomic E-state index is -0.0525. The zero-order valence-electron chi connectivity index (χ0n) is 9.25. The van der Waals surface area contributed by atoms with Gasteiger partial charge in [0.1, 0.15) is 0 Å². The van der Waals surface area contributed by atoms with Crippen LogP contribution in [0, 0.1) is 0 Å². The van der Waals surface area contributed by atoms with Crippen LogP contribution in [0.1, 0.15) is 5.82 Å². The highest BCUT2D eigenvalue weighted by molar-refractivity contribution is 5.66. The number of para-hydroxylation sites is 1. The SMILES string of the molecule is COc1cccc(-c2nc(CCO)no2)c1O. The van der Waals surface area contributed by atoms with E-state index in [9.17, 15) is 5.11 Å². The van der Waals surface area contributed by atoms with Crippen molar-refractivity contribution in [3.8, 4) is 23.0 Å². The summed E-state index contributed by atoms with van der Waals surface area (Å²) >= 11 is 0. The molecule has 0 aliphatic carbocycles. The third-order valence-electron chi connectivity index (χ3n) is 2.25. The minimum absolute atomic E-state index is 0.0470. The Morgan fingerprint density at radius 1 is 1.41 bits per heavy atom. The van der Waals surface area contributed by atoms with E-state index in [0.717, 1.165) is 0 Å². The monoisotopic (exact) mass is 236 g/mol. The number of rotatable bonds is 4. The summed E-state index contributed by atoms with van der Waals surface area (Å²) in [7, 11) is 1.46. The van der Waals surface area contributed by atoms with Gasteiger partial charge in [0.25, 0.3) is 5.89 Å². The van der Waals surface area contributed by atoms with Gasteiger partial charge in [-0.3, -0.25) is 0 Å². The Morgan fingerprint density at radius 2 is 2.24 bits per heavy atom. The van der Waals surface area contributed by atoms with Crippen molar-refractivity contribution in [2.24, 2.45) is 0 Å². The lowest BCUT2D eigenvalue weighted by molar-refractivity contribution is 0.293. The van der Waals surface area contributed by atoms with Crippen molar-refractivity contribution in [2.75, 3.05) is 13.7 Å². The summed E-state index contributed by atoms with van der Waals surface area (Å²) < 4.78 is 9.98. The van der Waals surface area contributed by atoms with Gasteiger partial charge in [0, 0.05) is 6.42 Å². The van der Waals surface area contributed by atoms with E-state index in [1.54, 1.807) is 18.2 Å². The molecule has 0 atom stereocenters. The number of phenolic OH excluding ortho intramolecular Hbond substituents is 1. The van der Waals surface area contributed by atoms with Gasteiger partial charge < -0.3 is 19.5 Å². The van der Waals surface area contributed by atoms with Crippen molar-refractivity contribution < 1.29 is 19.5 Å². The quantitative estimate of drug-likeness (QED) is 0.822. The predicted molar refractivity (Wildman–Crippen MR) is 58.7 cm³/mol. The van der Waals surface area contributed by atoms with Gasteiger partial charge in [-0.1, -0.05) is 11.2 Å². The minimum Gasteiger partial charge on any atom is -0.504 e. The highest BCUT2D eigenvalue weighted by Gasteiger charge is 2.15.